The average Bonchev–Trinajstić information content (AvgIpc) is 2.91. The highest BCUT2D eigenvalue weighted by atomic mass is 79.9. The number of aldehydes is 1. The molecule has 1 amide bonds. The van der Waals surface area contributed by atoms with E-state index in [0.717, 1.165) is 16.3 Å². The topological polar surface area (TPSA) is 66.5 Å². The molecule has 9 heteroatoms. The number of nitrogens with one attached hydrogen (secondary N) is 1. The van der Waals surface area contributed by atoms with Gasteiger partial charge in [0.1, 0.15) is 17.3 Å². The van der Waals surface area contributed by atoms with E-state index in [2.05, 4.69) is 21.2 Å². The lowest BCUT2D eigenvalue weighted by Crippen LogP contribution is -2.44. The molecule has 4 rings (SSSR count). The summed E-state index contributed by atoms with van der Waals surface area (Å²) in [4.78, 5) is 26.1. The summed E-state index contributed by atoms with van der Waals surface area (Å²) in [6, 6.07) is 20.3. The van der Waals surface area contributed by atoms with Crippen LogP contribution in [0.1, 0.15) is 49.9 Å². The molecule has 204 valence electrons. The molecule has 5 nitrogen and oxygen atoms in total. The zero-order valence-electron chi connectivity index (χ0n) is 21.5. The highest BCUT2D eigenvalue weighted by Gasteiger charge is 2.41. The molecule has 1 N–H and O–H groups in total. The SMILES string of the molecule is CC(C)CC(C=O)NC(=O)C1=CCC(c2cccc(Cl)c2)N(S(=O)c2ccc(Br)cc2)C1c1cccc(Cl)c1. The maximum absolute atomic E-state index is 14.4. The zero-order valence-corrected chi connectivity index (χ0v) is 25.4. The average molecular weight is 648 g/mol. The van der Waals surface area contributed by atoms with Crippen molar-refractivity contribution < 1.29 is 13.8 Å². The highest BCUT2D eigenvalue weighted by Crippen LogP contribution is 2.45. The standard InChI is InChI=1S/C30H29BrCl2N2O3S/c1-19(2)15-25(18-36)34-30(37)27-13-14-28(20-5-3-7-23(32)16-20)35(29(27)21-6-4-8-24(33)17-21)39(38)26-11-9-22(31)10-12-26/h3-13,16-19,25,28-29H,14-15H2,1-2H3,(H,34,37). The number of halogens is 3. The Bertz CT molecular complexity index is 1400. The Hall–Kier alpha value is -2.29. The lowest BCUT2D eigenvalue weighted by atomic mass is 9.88. The van der Waals surface area contributed by atoms with Gasteiger partial charge in [-0.15, -0.1) is 0 Å². The summed E-state index contributed by atoms with van der Waals surface area (Å²) in [5, 5.41) is 3.95. The first-order valence-corrected chi connectivity index (χ1v) is 15.3. The minimum absolute atomic E-state index is 0.221. The smallest absolute Gasteiger partial charge is 0.249 e. The maximum atomic E-state index is 14.4. The van der Waals surface area contributed by atoms with E-state index in [-0.39, 0.29) is 17.9 Å². The Kier molecular flexibility index (Phi) is 10.2. The zero-order chi connectivity index (χ0) is 28.1. The maximum Gasteiger partial charge on any atom is 0.249 e. The van der Waals surface area contributed by atoms with Crippen molar-refractivity contribution in [1.82, 2.24) is 9.62 Å². The number of nitrogens with zero attached hydrogens (tertiary/aromatic N) is 1. The molecular formula is C30H29BrCl2N2O3S. The minimum Gasteiger partial charge on any atom is -0.343 e. The fraction of sp³-hybridized carbons (Fsp3) is 0.267. The number of hydrogen-bond donors (Lipinski definition) is 1. The normalized spacial score (nSPS) is 19.3. The molecule has 1 aliphatic heterocycles. The molecule has 3 aromatic rings. The second-order valence-electron chi connectivity index (χ2n) is 9.83. The number of benzene rings is 3. The Morgan fingerprint density at radius 3 is 2.26 bits per heavy atom. The third kappa shape index (κ3) is 7.27. The van der Waals surface area contributed by atoms with Crippen LogP contribution in [0.4, 0.5) is 0 Å². The van der Waals surface area contributed by atoms with E-state index < -0.39 is 23.1 Å². The molecule has 4 unspecified atom stereocenters. The monoisotopic (exact) mass is 646 g/mol. The molecule has 0 radical (unpaired) electrons. The molecular weight excluding hydrogens is 619 g/mol. The predicted octanol–water partition coefficient (Wildman–Crippen LogP) is 7.62. The van der Waals surface area contributed by atoms with Gasteiger partial charge in [-0.3, -0.25) is 4.79 Å². The van der Waals surface area contributed by atoms with Gasteiger partial charge in [-0.1, -0.05) is 83.3 Å². The minimum atomic E-state index is -1.68. The summed E-state index contributed by atoms with van der Waals surface area (Å²) < 4.78 is 17.1. The van der Waals surface area contributed by atoms with Crippen molar-refractivity contribution in [3.05, 3.63) is 110 Å². The van der Waals surface area contributed by atoms with Gasteiger partial charge >= 0.3 is 0 Å². The van der Waals surface area contributed by atoms with Crippen molar-refractivity contribution in [2.75, 3.05) is 0 Å². The van der Waals surface area contributed by atoms with Crippen LogP contribution in [0.15, 0.2) is 93.8 Å². The van der Waals surface area contributed by atoms with E-state index in [1.807, 2.05) is 66.7 Å². The third-order valence-corrected chi connectivity index (χ3v) is 9.01. The summed E-state index contributed by atoms with van der Waals surface area (Å²) >= 11 is 16.2. The first-order chi connectivity index (χ1) is 18.7. The van der Waals surface area contributed by atoms with Gasteiger partial charge in [-0.2, -0.15) is 0 Å². The molecule has 1 aliphatic rings. The number of carbonyl (C=O) groups is 2. The first-order valence-electron chi connectivity index (χ1n) is 12.6. The molecule has 0 fully saturated rings. The van der Waals surface area contributed by atoms with Crippen LogP contribution in [0.3, 0.4) is 0 Å². The second-order valence-corrected chi connectivity index (χ2v) is 13.0. The van der Waals surface area contributed by atoms with Crippen LogP contribution in [0.5, 0.6) is 0 Å². The van der Waals surface area contributed by atoms with Crippen LogP contribution >= 0.6 is 39.1 Å². The number of amides is 1. The molecule has 0 saturated carbocycles. The van der Waals surface area contributed by atoms with E-state index in [9.17, 15) is 13.8 Å². The Balaban J connectivity index is 1.87. The largest absolute Gasteiger partial charge is 0.343 e. The van der Waals surface area contributed by atoms with Gasteiger partial charge in [-0.05, 0) is 78.4 Å². The van der Waals surface area contributed by atoms with Gasteiger partial charge in [0.25, 0.3) is 0 Å². The van der Waals surface area contributed by atoms with Gasteiger partial charge in [0.15, 0.2) is 0 Å². The van der Waals surface area contributed by atoms with Crippen LogP contribution < -0.4 is 5.32 Å². The first kappa shape index (κ1) is 29.7. The summed E-state index contributed by atoms with van der Waals surface area (Å²) in [7, 11) is -1.68. The van der Waals surface area contributed by atoms with Gasteiger partial charge in [-0.25, -0.2) is 8.51 Å². The van der Waals surface area contributed by atoms with E-state index in [4.69, 9.17) is 23.2 Å². The van der Waals surface area contributed by atoms with Crippen molar-refractivity contribution in [2.24, 2.45) is 5.92 Å². The van der Waals surface area contributed by atoms with E-state index >= 15 is 0 Å². The van der Waals surface area contributed by atoms with Crippen LogP contribution in [0.2, 0.25) is 10.0 Å². The Labute approximate surface area is 250 Å². The molecule has 0 spiro atoms. The number of rotatable bonds is 9. The Morgan fingerprint density at radius 1 is 1.05 bits per heavy atom. The summed E-state index contributed by atoms with van der Waals surface area (Å²) in [6.45, 7) is 3.99. The van der Waals surface area contributed by atoms with Crippen LogP contribution in [-0.4, -0.2) is 26.7 Å². The summed E-state index contributed by atoms with van der Waals surface area (Å²) in [6.07, 6.45) is 3.57. The molecule has 0 aliphatic carbocycles. The fourth-order valence-electron chi connectivity index (χ4n) is 4.78. The molecule has 39 heavy (non-hydrogen) atoms. The summed E-state index contributed by atoms with van der Waals surface area (Å²) in [5.41, 5.74) is 2.01. The molecule has 0 bridgehead atoms. The van der Waals surface area contributed by atoms with Crippen molar-refractivity contribution in [2.45, 2.75) is 49.7 Å². The van der Waals surface area contributed by atoms with Gasteiger partial charge in [0, 0.05) is 20.1 Å². The van der Waals surface area contributed by atoms with Crippen LogP contribution in [-0.2, 0) is 20.6 Å². The predicted molar refractivity (Wildman–Crippen MR) is 161 cm³/mol. The number of carbonyl (C=O) groups excluding carboxylic acids is 2. The lowest BCUT2D eigenvalue weighted by molar-refractivity contribution is -0.121. The Morgan fingerprint density at radius 2 is 1.67 bits per heavy atom. The summed E-state index contributed by atoms with van der Waals surface area (Å²) in [5.74, 6) is -0.154. The van der Waals surface area contributed by atoms with Gasteiger partial charge < -0.3 is 10.1 Å². The van der Waals surface area contributed by atoms with Gasteiger partial charge in [0.2, 0.25) is 5.91 Å². The number of hydrogen-bond acceptors (Lipinski definition) is 3. The molecule has 1 heterocycles. The van der Waals surface area contributed by atoms with Crippen molar-refractivity contribution in [1.29, 1.82) is 0 Å². The van der Waals surface area contributed by atoms with Gasteiger partial charge in [0.05, 0.1) is 23.0 Å². The lowest BCUT2D eigenvalue weighted by Gasteiger charge is -2.41. The van der Waals surface area contributed by atoms with Crippen LogP contribution in [0, 0.1) is 5.92 Å². The third-order valence-electron chi connectivity index (χ3n) is 6.49. The molecule has 3 aromatic carbocycles. The molecule has 0 saturated heterocycles. The van der Waals surface area contributed by atoms with E-state index in [1.165, 1.54) is 0 Å². The van der Waals surface area contributed by atoms with Crippen LogP contribution in [0.25, 0.3) is 0 Å². The highest BCUT2D eigenvalue weighted by molar-refractivity contribution is 9.10. The second kappa shape index (κ2) is 13.4. The fourth-order valence-corrected chi connectivity index (χ4v) is 6.92. The molecule has 0 aromatic heterocycles. The van der Waals surface area contributed by atoms with E-state index in [0.29, 0.717) is 38.9 Å². The molecule has 4 atom stereocenters. The quantitative estimate of drug-likeness (QED) is 0.243. The van der Waals surface area contributed by atoms with E-state index in [1.54, 1.807) is 30.3 Å². The van der Waals surface area contributed by atoms with Crippen molar-refractivity contribution >= 4 is 62.3 Å². The van der Waals surface area contributed by atoms with Crippen molar-refractivity contribution in [3.8, 4) is 0 Å². The van der Waals surface area contributed by atoms with Crippen molar-refractivity contribution in [3.63, 3.8) is 0 Å².